The van der Waals surface area contributed by atoms with Crippen molar-refractivity contribution in [2.75, 3.05) is 23.3 Å². The summed E-state index contributed by atoms with van der Waals surface area (Å²) in [7, 11) is 0. The van der Waals surface area contributed by atoms with E-state index in [4.69, 9.17) is 12.2 Å². The van der Waals surface area contributed by atoms with Gasteiger partial charge in [-0.1, -0.05) is 37.3 Å². The molecule has 0 aliphatic carbocycles. The van der Waals surface area contributed by atoms with Crippen molar-refractivity contribution in [2.24, 2.45) is 5.92 Å². The van der Waals surface area contributed by atoms with Crippen LogP contribution in [-0.4, -0.2) is 28.2 Å². The van der Waals surface area contributed by atoms with Gasteiger partial charge in [0.15, 0.2) is 5.11 Å². The van der Waals surface area contributed by atoms with Gasteiger partial charge in [-0.15, -0.1) is 0 Å². The molecule has 3 rings (SSSR count). The summed E-state index contributed by atoms with van der Waals surface area (Å²) in [6.07, 6.45) is 2.50. The van der Waals surface area contributed by atoms with Crippen LogP contribution in [0, 0.1) is 12.8 Å². The molecule has 5 nitrogen and oxygen atoms in total. The predicted molar refractivity (Wildman–Crippen MR) is 112 cm³/mol. The Kier molecular flexibility index (Phi) is 6.04. The van der Waals surface area contributed by atoms with Gasteiger partial charge >= 0.3 is 0 Å². The topological polar surface area (TPSA) is 53.1 Å². The molecule has 2 heterocycles. The molecular formula is C20H27N5S. The third kappa shape index (κ3) is 4.91. The highest BCUT2D eigenvalue weighted by Gasteiger charge is 2.19. The Balaban J connectivity index is 1.66. The lowest BCUT2D eigenvalue weighted by Gasteiger charge is -2.32. The number of aryl methyl sites for hydroxylation is 1. The van der Waals surface area contributed by atoms with Gasteiger partial charge in [-0.05, 0) is 50.4 Å². The number of piperidine rings is 1. The number of benzene rings is 1. The second kappa shape index (κ2) is 8.45. The summed E-state index contributed by atoms with van der Waals surface area (Å²) < 4.78 is 0. The first-order valence-electron chi connectivity index (χ1n) is 9.24. The molecule has 0 bridgehead atoms. The van der Waals surface area contributed by atoms with Gasteiger partial charge in [-0.25, -0.2) is 4.98 Å². The van der Waals surface area contributed by atoms with E-state index in [-0.39, 0.29) is 6.04 Å². The first-order chi connectivity index (χ1) is 12.5. The third-order valence-corrected chi connectivity index (χ3v) is 4.91. The maximum absolute atomic E-state index is 5.46. The lowest BCUT2D eigenvalue weighted by molar-refractivity contribution is 0.444. The maximum Gasteiger partial charge on any atom is 0.231 e. The van der Waals surface area contributed by atoms with Crippen LogP contribution in [0.3, 0.4) is 0 Å². The molecule has 1 aliphatic rings. The van der Waals surface area contributed by atoms with E-state index in [1.165, 1.54) is 18.4 Å². The Morgan fingerprint density at radius 2 is 2.04 bits per heavy atom. The Morgan fingerprint density at radius 3 is 2.77 bits per heavy atom. The summed E-state index contributed by atoms with van der Waals surface area (Å²) in [6.45, 7) is 8.47. The van der Waals surface area contributed by atoms with Crippen molar-refractivity contribution in [3.05, 3.63) is 47.7 Å². The van der Waals surface area contributed by atoms with Crippen LogP contribution in [0.2, 0.25) is 0 Å². The molecule has 2 aromatic rings. The summed E-state index contributed by atoms with van der Waals surface area (Å²) in [6, 6.07) is 12.4. The molecule has 1 aromatic heterocycles. The number of anilines is 2. The second-order valence-corrected chi connectivity index (χ2v) is 7.52. The first kappa shape index (κ1) is 18.6. The van der Waals surface area contributed by atoms with Gasteiger partial charge in [-0.3, -0.25) is 0 Å². The average molecular weight is 370 g/mol. The van der Waals surface area contributed by atoms with Crippen molar-refractivity contribution in [1.82, 2.24) is 15.3 Å². The van der Waals surface area contributed by atoms with Crippen LogP contribution in [0.25, 0.3) is 0 Å². The fourth-order valence-corrected chi connectivity index (χ4v) is 3.59. The lowest BCUT2D eigenvalue weighted by atomic mass is 10.0. The van der Waals surface area contributed by atoms with Crippen LogP contribution < -0.4 is 15.5 Å². The molecule has 1 aliphatic heterocycles. The molecule has 2 atom stereocenters. The van der Waals surface area contributed by atoms with Crippen molar-refractivity contribution in [3.63, 3.8) is 0 Å². The zero-order chi connectivity index (χ0) is 18.5. The van der Waals surface area contributed by atoms with Gasteiger partial charge in [0.1, 0.15) is 5.82 Å². The number of thiocarbonyl (C=S) groups is 1. The first-order valence-corrected chi connectivity index (χ1v) is 9.65. The van der Waals surface area contributed by atoms with E-state index in [0.29, 0.717) is 17.0 Å². The number of hydrogen-bond acceptors (Lipinski definition) is 4. The molecule has 0 radical (unpaired) electrons. The molecule has 0 unspecified atom stereocenters. The molecule has 1 fully saturated rings. The van der Waals surface area contributed by atoms with E-state index < -0.39 is 0 Å². The number of rotatable bonds is 4. The summed E-state index contributed by atoms with van der Waals surface area (Å²) >= 11 is 5.46. The largest absolute Gasteiger partial charge is 0.356 e. The van der Waals surface area contributed by atoms with Crippen molar-refractivity contribution >= 4 is 29.1 Å². The minimum atomic E-state index is 0.114. The number of hydrogen-bond donors (Lipinski definition) is 2. The van der Waals surface area contributed by atoms with Crippen molar-refractivity contribution < 1.29 is 0 Å². The summed E-state index contributed by atoms with van der Waals surface area (Å²) in [5.74, 6) is 2.23. The number of aromatic nitrogens is 2. The summed E-state index contributed by atoms with van der Waals surface area (Å²) in [5.41, 5.74) is 2.12. The molecule has 2 N–H and O–H groups in total. The second-order valence-electron chi connectivity index (χ2n) is 7.12. The number of nitrogens with one attached hydrogen (secondary N) is 2. The molecule has 0 spiro atoms. The quantitative estimate of drug-likeness (QED) is 0.793. The van der Waals surface area contributed by atoms with Crippen LogP contribution in [0.15, 0.2) is 36.4 Å². The van der Waals surface area contributed by atoms with Gasteiger partial charge in [0.2, 0.25) is 5.95 Å². The molecule has 1 aromatic carbocycles. The minimum Gasteiger partial charge on any atom is -0.356 e. The Bertz CT molecular complexity index is 749. The van der Waals surface area contributed by atoms with Gasteiger partial charge in [0, 0.05) is 24.8 Å². The molecule has 1 saturated heterocycles. The number of nitrogens with zero attached hydrogens (tertiary/aromatic N) is 3. The third-order valence-electron chi connectivity index (χ3n) is 4.69. The molecule has 6 heteroatoms. The van der Waals surface area contributed by atoms with Gasteiger partial charge in [-0.2, -0.15) is 4.98 Å². The van der Waals surface area contributed by atoms with Crippen LogP contribution in [0.1, 0.15) is 44.0 Å². The average Bonchev–Trinajstić information content (AvgIpc) is 2.62. The van der Waals surface area contributed by atoms with Crippen LogP contribution in [0.4, 0.5) is 11.8 Å². The van der Waals surface area contributed by atoms with Gasteiger partial charge < -0.3 is 15.5 Å². The molecule has 0 amide bonds. The highest BCUT2D eigenvalue weighted by Crippen LogP contribution is 2.22. The standard InChI is InChI=1S/C20H27N5S/c1-14-8-7-11-25(13-14)18-12-15(2)21-19(23-18)24-20(26)22-16(3)17-9-5-4-6-10-17/h4-6,9-10,12,14,16H,7-8,11,13H2,1-3H3,(H2,21,22,23,24,26)/t14-,16-/m0/s1. The van der Waals surface area contributed by atoms with E-state index in [9.17, 15) is 0 Å². The Hall–Kier alpha value is -2.21. The normalized spacial score (nSPS) is 18.3. The van der Waals surface area contributed by atoms with E-state index >= 15 is 0 Å². The molecule has 138 valence electrons. The highest BCUT2D eigenvalue weighted by molar-refractivity contribution is 7.80. The summed E-state index contributed by atoms with van der Waals surface area (Å²) in [5, 5.41) is 6.97. The van der Waals surface area contributed by atoms with Crippen molar-refractivity contribution in [1.29, 1.82) is 0 Å². The summed E-state index contributed by atoms with van der Waals surface area (Å²) in [4.78, 5) is 11.5. The molecule has 26 heavy (non-hydrogen) atoms. The fourth-order valence-electron chi connectivity index (χ4n) is 3.33. The Morgan fingerprint density at radius 1 is 1.27 bits per heavy atom. The predicted octanol–water partition coefficient (Wildman–Crippen LogP) is 4.07. The zero-order valence-corrected chi connectivity index (χ0v) is 16.5. The molecule has 0 saturated carbocycles. The van der Waals surface area contributed by atoms with E-state index in [1.54, 1.807) is 0 Å². The highest BCUT2D eigenvalue weighted by atomic mass is 32.1. The zero-order valence-electron chi connectivity index (χ0n) is 15.7. The van der Waals surface area contributed by atoms with Gasteiger partial charge in [0.05, 0.1) is 6.04 Å². The minimum absolute atomic E-state index is 0.114. The van der Waals surface area contributed by atoms with Crippen LogP contribution in [0.5, 0.6) is 0 Å². The van der Waals surface area contributed by atoms with E-state index in [0.717, 1.165) is 24.6 Å². The fraction of sp³-hybridized carbons (Fsp3) is 0.450. The Labute approximate surface area is 161 Å². The van der Waals surface area contributed by atoms with Crippen LogP contribution in [-0.2, 0) is 0 Å². The monoisotopic (exact) mass is 369 g/mol. The van der Waals surface area contributed by atoms with Crippen molar-refractivity contribution in [2.45, 2.75) is 39.7 Å². The van der Waals surface area contributed by atoms with E-state index in [2.05, 4.69) is 51.5 Å². The van der Waals surface area contributed by atoms with Crippen molar-refractivity contribution in [3.8, 4) is 0 Å². The van der Waals surface area contributed by atoms with E-state index in [1.807, 2.05) is 31.2 Å². The van der Waals surface area contributed by atoms with Gasteiger partial charge in [0.25, 0.3) is 0 Å². The lowest BCUT2D eigenvalue weighted by Crippen LogP contribution is -2.35. The maximum atomic E-state index is 5.46. The smallest absolute Gasteiger partial charge is 0.231 e. The van der Waals surface area contributed by atoms with Crippen LogP contribution >= 0.6 is 12.2 Å². The molecular weight excluding hydrogens is 342 g/mol. The SMILES string of the molecule is Cc1cc(N2CCC[C@H](C)C2)nc(NC(=S)N[C@@H](C)c2ccccc2)n1.